The molecule has 3 N–H and O–H groups in total. The molecule has 0 fully saturated rings. The van der Waals surface area contributed by atoms with E-state index in [1.54, 1.807) is 20.8 Å². The minimum Gasteiger partial charge on any atom is -0.480 e. The number of carboxylic acid groups (broad SMARTS) is 1. The minimum absolute atomic E-state index is 0.0614. The fourth-order valence-corrected chi connectivity index (χ4v) is 3.53. The second-order valence-corrected chi connectivity index (χ2v) is 8.49. The number of nitro benzene ring substituents is 1. The molecule has 28 heavy (non-hydrogen) atoms. The molecule has 0 saturated heterocycles. The smallest absolute Gasteiger partial charge is 0.407 e. The van der Waals surface area contributed by atoms with E-state index < -0.39 is 49.2 Å². The molecule has 1 amide bonds. The standard InChI is InChI=1S/C16H23N3O8S/c1-16(2,3)27-15(22)17-10-6-7-11(14(20)21)18-28(25,26)13-9-5-4-8-12(13)19(23)24/h4-5,8-9,11,18H,6-7,10H2,1-3H3,(H,17,22)(H,20,21)/t11-/m1/s1. The summed E-state index contributed by atoms with van der Waals surface area (Å²) in [4.78, 5) is 32.4. The summed E-state index contributed by atoms with van der Waals surface area (Å²) in [6.45, 7) is 5.12. The van der Waals surface area contributed by atoms with E-state index in [1.807, 2.05) is 4.72 Å². The highest BCUT2D eigenvalue weighted by molar-refractivity contribution is 7.89. The maximum atomic E-state index is 12.4. The van der Waals surface area contributed by atoms with Crippen molar-refractivity contribution in [1.29, 1.82) is 0 Å². The number of amides is 1. The van der Waals surface area contributed by atoms with Gasteiger partial charge < -0.3 is 15.2 Å². The Hall–Kier alpha value is -2.73. The number of nitrogens with zero attached hydrogens (tertiary/aromatic N) is 1. The van der Waals surface area contributed by atoms with Gasteiger partial charge in [-0.3, -0.25) is 14.9 Å². The molecule has 0 heterocycles. The highest BCUT2D eigenvalue weighted by Gasteiger charge is 2.30. The maximum Gasteiger partial charge on any atom is 0.407 e. The summed E-state index contributed by atoms with van der Waals surface area (Å²) in [5, 5.41) is 22.7. The average Bonchev–Trinajstić information content (AvgIpc) is 2.55. The average molecular weight is 417 g/mol. The van der Waals surface area contributed by atoms with Gasteiger partial charge in [0.05, 0.1) is 4.92 Å². The molecule has 0 spiro atoms. The predicted octanol–water partition coefficient (Wildman–Crippen LogP) is 1.63. The van der Waals surface area contributed by atoms with Crippen LogP contribution in [0.15, 0.2) is 29.2 Å². The van der Waals surface area contributed by atoms with Crippen molar-refractivity contribution in [3.05, 3.63) is 34.4 Å². The summed E-state index contributed by atoms with van der Waals surface area (Å²) in [5.74, 6) is -1.44. The van der Waals surface area contributed by atoms with E-state index in [2.05, 4.69) is 5.32 Å². The topological polar surface area (TPSA) is 165 Å². The number of sulfonamides is 1. The Balaban J connectivity index is 2.74. The van der Waals surface area contributed by atoms with Gasteiger partial charge in [0.15, 0.2) is 4.90 Å². The van der Waals surface area contributed by atoms with Gasteiger partial charge in [-0.2, -0.15) is 4.72 Å². The zero-order valence-corrected chi connectivity index (χ0v) is 16.5. The molecule has 0 bridgehead atoms. The van der Waals surface area contributed by atoms with E-state index in [-0.39, 0.29) is 19.4 Å². The summed E-state index contributed by atoms with van der Waals surface area (Å²) in [5.41, 5.74) is -1.35. The third-order valence-corrected chi connectivity index (χ3v) is 4.80. The number of nitro groups is 1. The Kier molecular flexibility index (Phi) is 7.88. The van der Waals surface area contributed by atoms with Gasteiger partial charge in [-0.15, -0.1) is 0 Å². The van der Waals surface area contributed by atoms with Crippen LogP contribution in [0, 0.1) is 10.1 Å². The van der Waals surface area contributed by atoms with Crippen LogP contribution >= 0.6 is 0 Å². The largest absolute Gasteiger partial charge is 0.480 e. The zero-order valence-electron chi connectivity index (χ0n) is 15.7. The van der Waals surface area contributed by atoms with Crippen molar-refractivity contribution >= 4 is 27.8 Å². The summed E-state index contributed by atoms with van der Waals surface area (Å²) >= 11 is 0. The lowest BCUT2D eigenvalue weighted by Crippen LogP contribution is -2.41. The maximum absolute atomic E-state index is 12.4. The Morgan fingerprint density at radius 2 is 1.89 bits per heavy atom. The van der Waals surface area contributed by atoms with Crippen molar-refractivity contribution in [3.63, 3.8) is 0 Å². The molecule has 0 aliphatic rings. The Labute approximate surface area is 162 Å². The van der Waals surface area contributed by atoms with Crippen LogP contribution in [0.5, 0.6) is 0 Å². The monoisotopic (exact) mass is 417 g/mol. The molecule has 1 aromatic carbocycles. The van der Waals surface area contributed by atoms with Crippen LogP contribution in [0.2, 0.25) is 0 Å². The molecule has 0 unspecified atom stereocenters. The van der Waals surface area contributed by atoms with Gasteiger partial charge in [0.25, 0.3) is 5.69 Å². The fraction of sp³-hybridized carbons (Fsp3) is 0.500. The molecule has 12 heteroatoms. The first-order valence-corrected chi connectivity index (χ1v) is 9.77. The highest BCUT2D eigenvalue weighted by atomic mass is 32.2. The molecule has 1 aromatic rings. The molecule has 11 nitrogen and oxygen atoms in total. The van der Waals surface area contributed by atoms with Crippen LogP contribution < -0.4 is 10.0 Å². The number of carboxylic acids is 1. The number of hydrogen-bond donors (Lipinski definition) is 3. The van der Waals surface area contributed by atoms with E-state index in [0.717, 1.165) is 12.1 Å². The lowest BCUT2D eigenvalue weighted by atomic mass is 10.2. The van der Waals surface area contributed by atoms with Gasteiger partial charge in [-0.1, -0.05) is 12.1 Å². The number of ether oxygens (including phenoxy) is 1. The first kappa shape index (κ1) is 23.3. The van der Waals surface area contributed by atoms with E-state index in [1.165, 1.54) is 12.1 Å². The SMILES string of the molecule is CC(C)(C)OC(=O)NCCC[C@@H](NS(=O)(=O)c1ccccc1[N+](=O)[O-])C(=O)O. The second kappa shape index (κ2) is 9.46. The summed E-state index contributed by atoms with van der Waals surface area (Å²) in [6.07, 6.45) is -0.694. The normalized spacial score (nSPS) is 12.8. The molecule has 1 rings (SSSR count). The lowest BCUT2D eigenvalue weighted by molar-refractivity contribution is -0.387. The number of carbonyl (C=O) groups is 2. The Bertz CT molecular complexity index is 833. The Morgan fingerprint density at radius 1 is 1.29 bits per heavy atom. The molecule has 0 radical (unpaired) electrons. The van der Waals surface area contributed by atoms with E-state index in [9.17, 15) is 33.2 Å². The van der Waals surface area contributed by atoms with Crippen molar-refractivity contribution in [2.24, 2.45) is 0 Å². The highest BCUT2D eigenvalue weighted by Crippen LogP contribution is 2.23. The van der Waals surface area contributed by atoms with Gasteiger partial charge >= 0.3 is 12.1 Å². The quantitative estimate of drug-likeness (QED) is 0.310. The Morgan fingerprint density at radius 3 is 2.43 bits per heavy atom. The van der Waals surface area contributed by atoms with Gasteiger partial charge in [0, 0.05) is 12.6 Å². The van der Waals surface area contributed by atoms with Crippen LogP contribution in [-0.4, -0.2) is 48.7 Å². The number of alkyl carbamates (subject to hydrolysis) is 1. The number of aliphatic carboxylic acids is 1. The molecule has 0 aliphatic heterocycles. The first-order valence-electron chi connectivity index (χ1n) is 8.29. The van der Waals surface area contributed by atoms with Crippen molar-refractivity contribution < 1.29 is 32.8 Å². The van der Waals surface area contributed by atoms with Crippen molar-refractivity contribution in [2.45, 2.75) is 50.2 Å². The first-order chi connectivity index (χ1) is 12.8. The van der Waals surface area contributed by atoms with Gasteiger partial charge in [0.2, 0.25) is 10.0 Å². The number of nitrogens with one attached hydrogen (secondary N) is 2. The summed E-state index contributed by atoms with van der Waals surface area (Å²) in [7, 11) is -4.44. The van der Waals surface area contributed by atoms with E-state index >= 15 is 0 Å². The zero-order chi connectivity index (χ0) is 21.5. The molecule has 0 aromatic heterocycles. The number of benzene rings is 1. The van der Waals surface area contributed by atoms with Crippen molar-refractivity contribution in [1.82, 2.24) is 10.0 Å². The molecule has 1 atom stereocenters. The van der Waals surface area contributed by atoms with E-state index in [4.69, 9.17) is 4.74 Å². The number of rotatable bonds is 9. The summed E-state index contributed by atoms with van der Waals surface area (Å²) in [6, 6.07) is 3.10. The third kappa shape index (κ3) is 7.48. The molecule has 156 valence electrons. The van der Waals surface area contributed by atoms with Crippen molar-refractivity contribution in [3.8, 4) is 0 Å². The number of hydrogen-bond acceptors (Lipinski definition) is 7. The van der Waals surface area contributed by atoms with Crippen LogP contribution in [-0.2, 0) is 19.6 Å². The van der Waals surface area contributed by atoms with Crippen LogP contribution in [0.4, 0.5) is 10.5 Å². The lowest BCUT2D eigenvalue weighted by Gasteiger charge is -2.20. The second-order valence-electron chi connectivity index (χ2n) is 6.81. The molecule has 0 saturated carbocycles. The molecule has 0 aliphatic carbocycles. The number of para-hydroxylation sites is 1. The van der Waals surface area contributed by atoms with Crippen LogP contribution in [0.3, 0.4) is 0 Å². The fourth-order valence-electron chi connectivity index (χ4n) is 2.13. The van der Waals surface area contributed by atoms with Crippen LogP contribution in [0.25, 0.3) is 0 Å². The molecular weight excluding hydrogens is 394 g/mol. The third-order valence-electron chi connectivity index (χ3n) is 3.28. The minimum atomic E-state index is -4.44. The van der Waals surface area contributed by atoms with Gasteiger partial charge in [-0.05, 0) is 39.7 Å². The van der Waals surface area contributed by atoms with Gasteiger partial charge in [0.1, 0.15) is 11.6 Å². The van der Waals surface area contributed by atoms with Crippen LogP contribution in [0.1, 0.15) is 33.6 Å². The van der Waals surface area contributed by atoms with Crippen molar-refractivity contribution in [2.75, 3.05) is 6.54 Å². The number of carbonyl (C=O) groups excluding carboxylic acids is 1. The van der Waals surface area contributed by atoms with Gasteiger partial charge in [-0.25, -0.2) is 13.2 Å². The predicted molar refractivity (Wildman–Crippen MR) is 98.3 cm³/mol. The summed E-state index contributed by atoms with van der Waals surface area (Å²) < 4.78 is 31.8. The van der Waals surface area contributed by atoms with E-state index in [0.29, 0.717) is 0 Å². The molecular formula is C16H23N3O8S.